The van der Waals surface area contributed by atoms with E-state index in [-0.39, 0.29) is 35.6 Å². The van der Waals surface area contributed by atoms with Gasteiger partial charge in [0.25, 0.3) is 5.91 Å². The van der Waals surface area contributed by atoms with E-state index in [0.29, 0.717) is 16.6 Å². The highest BCUT2D eigenvalue weighted by Crippen LogP contribution is 3.02. The summed E-state index contributed by atoms with van der Waals surface area (Å²) in [6, 6.07) is 9.74. The maximum atomic E-state index is 12.8. The van der Waals surface area contributed by atoms with E-state index in [9.17, 15) is 29.5 Å². The van der Waals surface area contributed by atoms with Crippen molar-refractivity contribution in [2.75, 3.05) is 6.61 Å². The van der Waals surface area contributed by atoms with Gasteiger partial charge in [-0.2, -0.15) is 10.5 Å². The number of nitriles is 2. The van der Waals surface area contributed by atoms with Gasteiger partial charge in [-0.15, -0.1) is 0 Å². The largest absolute Gasteiger partial charge is 0.489 e. The van der Waals surface area contributed by atoms with Crippen LogP contribution in [-0.2, 0) is 0 Å². The standard InChI is InChI=1S/C18H13BrF5N3O2S/c1-18(10-26,11-29-15-4-2-3-13(9-25)16(15)19)27-17(28)12-5-7-14(8-6-12)30(20,21,22,23)24/h2-8H,11H2,1H3,(H,27,28). The molecule has 5 nitrogen and oxygen atoms in total. The topological polar surface area (TPSA) is 85.9 Å². The van der Waals surface area contributed by atoms with E-state index in [2.05, 4.69) is 21.2 Å². The Hall–Kier alpha value is -2.83. The summed E-state index contributed by atoms with van der Waals surface area (Å²) >= 11 is 3.18. The van der Waals surface area contributed by atoms with E-state index in [0.717, 1.165) is 0 Å². The zero-order valence-electron chi connectivity index (χ0n) is 15.1. The number of ether oxygens (including phenoxy) is 1. The van der Waals surface area contributed by atoms with Gasteiger partial charge in [0.05, 0.1) is 16.1 Å². The molecule has 0 spiro atoms. The number of hydrogen-bond donors (Lipinski definition) is 1. The Morgan fingerprint density at radius 3 is 2.23 bits per heavy atom. The van der Waals surface area contributed by atoms with Gasteiger partial charge in [0.15, 0.2) is 5.54 Å². The minimum Gasteiger partial charge on any atom is -0.489 e. The first-order valence-electron chi connectivity index (χ1n) is 7.98. The number of carbonyl (C=O) groups is 1. The predicted molar refractivity (Wildman–Crippen MR) is 104 cm³/mol. The van der Waals surface area contributed by atoms with Gasteiger partial charge in [-0.3, -0.25) is 4.79 Å². The number of carbonyl (C=O) groups excluding carboxylic acids is 1. The summed E-state index contributed by atoms with van der Waals surface area (Å²) in [7, 11) is -9.85. The highest BCUT2D eigenvalue weighted by atomic mass is 79.9. The smallest absolute Gasteiger partial charge is 0.310 e. The van der Waals surface area contributed by atoms with Crippen LogP contribution >= 0.6 is 26.2 Å². The maximum Gasteiger partial charge on any atom is 0.310 e. The Bertz CT molecular complexity index is 1080. The number of rotatable bonds is 6. The Labute approximate surface area is 176 Å². The Kier molecular flexibility index (Phi) is 5.58. The highest BCUT2D eigenvalue weighted by Gasteiger charge is 2.65. The summed E-state index contributed by atoms with van der Waals surface area (Å²) in [5.41, 5.74) is -1.69. The number of amides is 1. The molecule has 0 aliphatic rings. The average Bonchev–Trinajstić information content (AvgIpc) is 2.65. The lowest BCUT2D eigenvalue weighted by Crippen LogP contribution is -2.49. The third-order valence-electron chi connectivity index (χ3n) is 3.80. The minimum atomic E-state index is -9.85. The summed E-state index contributed by atoms with van der Waals surface area (Å²) in [6.07, 6.45) is 0. The number of halogens is 6. The monoisotopic (exact) mass is 509 g/mol. The van der Waals surface area contributed by atoms with E-state index >= 15 is 0 Å². The maximum absolute atomic E-state index is 12.8. The molecule has 0 radical (unpaired) electrons. The SMILES string of the molecule is CC(C#N)(COc1cccc(C#N)c1Br)NC(=O)c1ccc(S(F)(F)(F)(F)F)cc1. The van der Waals surface area contributed by atoms with Crippen molar-refractivity contribution in [3.05, 3.63) is 58.1 Å². The van der Waals surface area contributed by atoms with Crippen LogP contribution in [0.15, 0.2) is 51.8 Å². The molecule has 12 heteroatoms. The molecule has 2 aromatic carbocycles. The first-order chi connectivity index (χ1) is 13.6. The number of benzene rings is 2. The fraction of sp³-hybridized carbons (Fsp3) is 0.167. The molecule has 30 heavy (non-hydrogen) atoms. The van der Waals surface area contributed by atoms with Crippen molar-refractivity contribution in [1.82, 2.24) is 5.32 Å². The van der Waals surface area contributed by atoms with Crippen molar-refractivity contribution >= 4 is 32.1 Å². The van der Waals surface area contributed by atoms with Crippen molar-refractivity contribution in [3.63, 3.8) is 0 Å². The molecule has 1 atom stereocenters. The molecule has 0 saturated heterocycles. The molecule has 0 fully saturated rings. The van der Waals surface area contributed by atoms with E-state index < -0.39 is 26.6 Å². The first-order valence-corrected chi connectivity index (χ1v) is 10.7. The van der Waals surface area contributed by atoms with Crippen molar-refractivity contribution in [2.24, 2.45) is 0 Å². The minimum absolute atomic E-state index is 0.112. The summed E-state index contributed by atoms with van der Waals surface area (Å²) in [6.45, 7) is 0.933. The highest BCUT2D eigenvalue weighted by molar-refractivity contribution is 9.10. The van der Waals surface area contributed by atoms with Gasteiger partial charge >= 0.3 is 10.2 Å². The van der Waals surface area contributed by atoms with Gasteiger partial charge in [-0.05, 0) is 59.3 Å². The Morgan fingerprint density at radius 1 is 1.13 bits per heavy atom. The van der Waals surface area contributed by atoms with Crippen LogP contribution in [-0.4, -0.2) is 18.1 Å². The molecule has 1 amide bonds. The summed E-state index contributed by atoms with van der Waals surface area (Å²) in [4.78, 5) is 10.2. The second kappa shape index (κ2) is 7.15. The van der Waals surface area contributed by atoms with Gasteiger partial charge in [0.2, 0.25) is 0 Å². The molecular weight excluding hydrogens is 497 g/mol. The van der Waals surface area contributed by atoms with Crippen LogP contribution in [0.2, 0.25) is 0 Å². The molecule has 1 N–H and O–H groups in total. The molecule has 160 valence electrons. The van der Waals surface area contributed by atoms with Crippen LogP contribution in [0.1, 0.15) is 22.8 Å². The Balaban J connectivity index is 2.16. The lowest BCUT2D eigenvalue weighted by Gasteiger charge is -2.40. The summed E-state index contributed by atoms with van der Waals surface area (Å²) in [5, 5.41) is 20.7. The van der Waals surface area contributed by atoms with E-state index in [4.69, 9.17) is 10.00 Å². The summed E-state index contributed by atoms with van der Waals surface area (Å²) < 4.78 is 69.7. The van der Waals surface area contributed by atoms with Crippen LogP contribution in [0, 0.1) is 22.7 Å². The first kappa shape index (κ1) is 23.4. The Morgan fingerprint density at radius 2 is 1.73 bits per heavy atom. The van der Waals surface area contributed by atoms with Crippen LogP contribution in [0.4, 0.5) is 19.4 Å². The molecule has 2 rings (SSSR count). The molecular formula is C18H13BrF5N3O2S. The number of nitrogens with one attached hydrogen (secondary N) is 1. The molecule has 0 heterocycles. The third kappa shape index (κ3) is 5.62. The second-order valence-corrected chi connectivity index (χ2v) is 9.61. The van der Waals surface area contributed by atoms with E-state index in [1.807, 2.05) is 12.1 Å². The molecule has 2 aromatic rings. The predicted octanol–water partition coefficient (Wildman–Crippen LogP) is 6.07. The van der Waals surface area contributed by atoms with E-state index in [1.54, 1.807) is 6.07 Å². The van der Waals surface area contributed by atoms with Crippen LogP contribution in [0.25, 0.3) is 0 Å². The van der Waals surface area contributed by atoms with Crippen LogP contribution in [0.3, 0.4) is 0 Å². The fourth-order valence-corrected chi connectivity index (χ4v) is 3.33. The molecule has 0 aromatic heterocycles. The molecule has 0 saturated carbocycles. The zero-order chi connectivity index (χ0) is 22.9. The van der Waals surface area contributed by atoms with Gasteiger partial charge in [0, 0.05) is 5.56 Å². The van der Waals surface area contributed by atoms with Gasteiger partial charge in [-0.25, -0.2) is 0 Å². The van der Waals surface area contributed by atoms with Crippen LogP contribution in [0.5, 0.6) is 5.75 Å². The van der Waals surface area contributed by atoms with Crippen LogP contribution < -0.4 is 10.1 Å². The summed E-state index contributed by atoms with van der Waals surface area (Å²) in [5.74, 6) is -0.730. The average molecular weight is 510 g/mol. The normalized spacial score (nSPS) is 15.5. The van der Waals surface area contributed by atoms with Crippen molar-refractivity contribution < 1.29 is 29.0 Å². The molecule has 0 aliphatic carbocycles. The zero-order valence-corrected chi connectivity index (χ0v) is 17.5. The molecule has 0 aliphatic heterocycles. The van der Waals surface area contributed by atoms with Gasteiger partial charge in [-0.1, -0.05) is 25.5 Å². The number of hydrogen-bond acceptors (Lipinski definition) is 4. The quantitative estimate of drug-likeness (QED) is 0.478. The van der Waals surface area contributed by atoms with Gasteiger partial charge in [0.1, 0.15) is 23.3 Å². The van der Waals surface area contributed by atoms with Gasteiger partial charge < -0.3 is 10.1 Å². The van der Waals surface area contributed by atoms with E-state index in [1.165, 1.54) is 19.1 Å². The third-order valence-corrected chi connectivity index (χ3v) is 5.78. The molecule has 0 bridgehead atoms. The fourth-order valence-electron chi connectivity index (χ4n) is 2.21. The van der Waals surface area contributed by atoms with Crippen molar-refractivity contribution in [3.8, 4) is 17.9 Å². The van der Waals surface area contributed by atoms with Crippen molar-refractivity contribution in [1.29, 1.82) is 10.5 Å². The van der Waals surface area contributed by atoms with Crippen molar-refractivity contribution in [2.45, 2.75) is 17.4 Å². The lowest BCUT2D eigenvalue weighted by molar-refractivity contribution is 0.0900. The molecule has 1 unspecified atom stereocenters. The second-order valence-electron chi connectivity index (χ2n) is 6.41. The lowest BCUT2D eigenvalue weighted by atomic mass is 10.1. The number of nitrogens with zero attached hydrogens (tertiary/aromatic N) is 2.